The highest BCUT2D eigenvalue weighted by atomic mass is 32.2. The zero-order valence-electron chi connectivity index (χ0n) is 9.75. The van der Waals surface area contributed by atoms with Gasteiger partial charge < -0.3 is 14.0 Å². The number of nitrogens with zero attached hydrogens (tertiary/aromatic N) is 1. The molecule has 0 aromatic carbocycles. The van der Waals surface area contributed by atoms with Crippen molar-refractivity contribution in [1.82, 2.24) is 4.90 Å². The van der Waals surface area contributed by atoms with Crippen LogP contribution in [0, 0.1) is 0 Å². The van der Waals surface area contributed by atoms with Crippen molar-refractivity contribution in [2.75, 3.05) is 13.7 Å². The van der Waals surface area contributed by atoms with E-state index in [2.05, 4.69) is 8.92 Å². The Bertz CT molecular complexity index is 553. The van der Waals surface area contributed by atoms with E-state index in [1.54, 1.807) is 0 Å². The van der Waals surface area contributed by atoms with E-state index in [1.165, 1.54) is 0 Å². The summed E-state index contributed by atoms with van der Waals surface area (Å²) in [6, 6.07) is -1.57. The van der Waals surface area contributed by atoms with Crippen LogP contribution < -0.4 is 0 Å². The van der Waals surface area contributed by atoms with Crippen molar-refractivity contribution in [3.05, 3.63) is 11.8 Å². The minimum absolute atomic E-state index is 0.368. The Morgan fingerprint density at radius 1 is 1.45 bits per heavy atom. The monoisotopic (exact) mass is 319 g/mol. The van der Waals surface area contributed by atoms with E-state index in [4.69, 9.17) is 5.11 Å². The molecule has 1 amide bonds. The molecule has 0 aromatic heterocycles. The van der Waals surface area contributed by atoms with Crippen molar-refractivity contribution in [3.63, 3.8) is 0 Å². The van der Waals surface area contributed by atoms with Gasteiger partial charge in [0.05, 0.1) is 13.7 Å². The Morgan fingerprint density at radius 2 is 2.00 bits per heavy atom. The van der Waals surface area contributed by atoms with Crippen LogP contribution in [-0.4, -0.2) is 55.7 Å². The first-order chi connectivity index (χ1) is 8.99. The molecule has 0 aromatic rings. The van der Waals surface area contributed by atoms with E-state index < -0.39 is 46.0 Å². The minimum atomic E-state index is -5.93. The second kappa shape index (κ2) is 5.19. The van der Waals surface area contributed by atoms with E-state index in [-0.39, 0.29) is 0 Å². The van der Waals surface area contributed by atoms with E-state index in [9.17, 15) is 31.2 Å². The molecule has 12 heteroatoms. The van der Waals surface area contributed by atoms with Gasteiger partial charge in [0.15, 0.2) is 6.04 Å². The van der Waals surface area contributed by atoms with Gasteiger partial charge in [-0.2, -0.15) is 21.6 Å². The third kappa shape index (κ3) is 3.12. The van der Waals surface area contributed by atoms with Crippen molar-refractivity contribution in [2.45, 2.75) is 11.6 Å². The zero-order chi connectivity index (χ0) is 15.7. The predicted molar refractivity (Wildman–Crippen MR) is 54.7 cm³/mol. The van der Waals surface area contributed by atoms with Gasteiger partial charge in [0.1, 0.15) is 5.76 Å². The molecule has 20 heavy (non-hydrogen) atoms. The molecule has 1 heterocycles. The van der Waals surface area contributed by atoms with Gasteiger partial charge in [0, 0.05) is 0 Å². The van der Waals surface area contributed by atoms with Crippen LogP contribution in [0.25, 0.3) is 0 Å². The van der Waals surface area contributed by atoms with Crippen molar-refractivity contribution < 1.29 is 45.2 Å². The maximum absolute atomic E-state index is 12.1. The molecular weight excluding hydrogens is 311 g/mol. The van der Waals surface area contributed by atoms with E-state index in [0.29, 0.717) is 11.0 Å². The topological polar surface area (TPSA) is 110 Å². The van der Waals surface area contributed by atoms with Gasteiger partial charge >= 0.3 is 27.7 Å². The maximum Gasteiger partial charge on any atom is 0.534 e. The van der Waals surface area contributed by atoms with Crippen LogP contribution in [0.5, 0.6) is 0 Å². The molecule has 0 bridgehead atoms. The molecule has 0 fully saturated rings. The second-order valence-corrected chi connectivity index (χ2v) is 5.03. The Balaban J connectivity index is 2.99. The molecule has 0 saturated heterocycles. The second-order valence-electron chi connectivity index (χ2n) is 3.49. The number of halogens is 3. The summed E-state index contributed by atoms with van der Waals surface area (Å²) in [4.78, 5) is 22.4. The number of hydrogen-bond acceptors (Lipinski definition) is 6. The summed E-state index contributed by atoms with van der Waals surface area (Å²) in [5.41, 5.74) is -5.66. The summed E-state index contributed by atoms with van der Waals surface area (Å²) in [7, 11) is -4.99. The van der Waals surface area contributed by atoms with Crippen LogP contribution in [0.2, 0.25) is 0 Å². The molecule has 0 saturated carbocycles. The van der Waals surface area contributed by atoms with Crippen molar-refractivity contribution in [2.24, 2.45) is 0 Å². The quantitative estimate of drug-likeness (QED) is 0.451. The molecule has 8 nitrogen and oxygen atoms in total. The standard InChI is InChI=1S/C8H8F3NO7S/c1-18-6(13)5-2-4(3-12(5)7(14)15)19-20(16,17)8(9,10)11/h2,5H,3H2,1H3,(H,14,15)/t5-/m0/s1. The van der Waals surface area contributed by atoms with Crippen LogP contribution >= 0.6 is 0 Å². The Kier molecular flexibility index (Phi) is 4.17. The van der Waals surface area contributed by atoms with Gasteiger partial charge in [-0.05, 0) is 6.08 Å². The first-order valence-electron chi connectivity index (χ1n) is 4.78. The number of hydrogen-bond donors (Lipinski definition) is 1. The Morgan fingerprint density at radius 3 is 2.40 bits per heavy atom. The van der Waals surface area contributed by atoms with Crippen LogP contribution in [0.15, 0.2) is 11.8 Å². The number of amides is 1. The number of carboxylic acid groups (broad SMARTS) is 1. The molecule has 0 radical (unpaired) electrons. The fraction of sp³-hybridized carbons (Fsp3) is 0.500. The van der Waals surface area contributed by atoms with Gasteiger partial charge in [-0.3, -0.25) is 4.90 Å². The number of esters is 1. The van der Waals surface area contributed by atoms with Crippen LogP contribution in [-0.2, 0) is 23.8 Å². The third-order valence-corrected chi connectivity index (χ3v) is 3.19. The highest BCUT2D eigenvalue weighted by Gasteiger charge is 2.50. The largest absolute Gasteiger partial charge is 0.534 e. The van der Waals surface area contributed by atoms with Gasteiger partial charge in [0.25, 0.3) is 0 Å². The van der Waals surface area contributed by atoms with Crippen LogP contribution in [0.1, 0.15) is 0 Å². The average molecular weight is 319 g/mol. The molecular formula is C8H8F3NO7S. The van der Waals surface area contributed by atoms with Crippen molar-refractivity contribution in [3.8, 4) is 0 Å². The lowest BCUT2D eigenvalue weighted by Crippen LogP contribution is -2.40. The number of carbonyl (C=O) groups excluding carboxylic acids is 1. The number of alkyl halides is 3. The SMILES string of the molecule is COC(=O)[C@@H]1C=C(OS(=O)(=O)C(F)(F)F)CN1C(=O)O. The van der Waals surface area contributed by atoms with Gasteiger partial charge in [-0.15, -0.1) is 0 Å². The minimum Gasteiger partial charge on any atom is -0.467 e. The molecule has 0 aliphatic carbocycles. The molecule has 1 atom stereocenters. The van der Waals surface area contributed by atoms with Gasteiger partial charge in [-0.25, -0.2) is 9.59 Å². The lowest BCUT2D eigenvalue weighted by atomic mass is 10.3. The first-order valence-corrected chi connectivity index (χ1v) is 6.19. The highest BCUT2D eigenvalue weighted by molar-refractivity contribution is 7.87. The van der Waals surface area contributed by atoms with Crippen molar-refractivity contribution >= 4 is 22.2 Å². The molecule has 0 unspecified atom stereocenters. The molecule has 1 aliphatic rings. The molecule has 1 N–H and O–H groups in total. The Hall–Kier alpha value is -1.98. The summed E-state index contributed by atoms with van der Waals surface area (Å²) in [6.07, 6.45) is -1.02. The van der Waals surface area contributed by atoms with Crippen LogP contribution in [0.3, 0.4) is 0 Å². The third-order valence-electron chi connectivity index (χ3n) is 2.19. The maximum atomic E-state index is 12.1. The lowest BCUT2D eigenvalue weighted by Gasteiger charge is -2.18. The Labute approximate surface area is 110 Å². The van der Waals surface area contributed by atoms with E-state index in [0.717, 1.165) is 7.11 Å². The fourth-order valence-corrected chi connectivity index (χ4v) is 1.81. The summed E-state index contributed by atoms with van der Waals surface area (Å²) in [5, 5.41) is 8.76. The first kappa shape index (κ1) is 16.1. The van der Waals surface area contributed by atoms with Gasteiger partial charge in [-0.1, -0.05) is 0 Å². The lowest BCUT2D eigenvalue weighted by molar-refractivity contribution is -0.144. The summed E-state index contributed by atoms with van der Waals surface area (Å²) >= 11 is 0. The molecule has 1 aliphatic heterocycles. The molecule has 1 rings (SSSR count). The predicted octanol–water partition coefficient (Wildman–Crippen LogP) is 0.272. The number of ether oxygens (including phenoxy) is 1. The highest BCUT2D eigenvalue weighted by Crippen LogP contribution is 2.29. The summed E-state index contributed by atoms with van der Waals surface area (Å²) in [5.74, 6) is -1.92. The van der Waals surface area contributed by atoms with Crippen molar-refractivity contribution in [1.29, 1.82) is 0 Å². The molecule has 0 spiro atoms. The van der Waals surface area contributed by atoms with E-state index >= 15 is 0 Å². The summed E-state index contributed by atoms with van der Waals surface area (Å²) in [6.45, 7) is -0.829. The van der Waals surface area contributed by atoms with Crippen LogP contribution in [0.4, 0.5) is 18.0 Å². The average Bonchev–Trinajstić information content (AvgIpc) is 2.69. The van der Waals surface area contributed by atoms with Gasteiger partial charge in [0.2, 0.25) is 0 Å². The fourth-order valence-electron chi connectivity index (χ4n) is 1.33. The normalized spacial score (nSPS) is 19.5. The summed E-state index contributed by atoms with van der Waals surface area (Å²) < 4.78 is 65.8. The number of rotatable bonds is 3. The molecule has 114 valence electrons. The van der Waals surface area contributed by atoms with E-state index in [1.807, 2.05) is 0 Å². The smallest absolute Gasteiger partial charge is 0.467 e. The number of methoxy groups -OCH3 is 1. The zero-order valence-corrected chi connectivity index (χ0v) is 10.6. The number of carbonyl (C=O) groups is 2.